The van der Waals surface area contributed by atoms with E-state index in [1.807, 2.05) is 11.9 Å². The Kier molecular flexibility index (Phi) is 6.73. The molecule has 1 aliphatic carbocycles. The minimum atomic E-state index is -3.34. The summed E-state index contributed by atoms with van der Waals surface area (Å²) in [5.74, 6) is 0.340. The number of nitrogens with two attached hydrogens (primary N) is 1. The fraction of sp³-hybridized carbons (Fsp3) is 0.462. The van der Waals surface area contributed by atoms with Crippen molar-refractivity contribution in [3.05, 3.63) is 29.3 Å². The average Bonchev–Trinajstić information content (AvgIpc) is 3.22. The van der Waals surface area contributed by atoms with Crippen molar-refractivity contribution in [3.63, 3.8) is 0 Å². The second kappa shape index (κ2) is 7.64. The molecule has 0 aromatic heterocycles. The lowest BCUT2D eigenvalue weighted by Crippen LogP contribution is -2.36. The van der Waals surface area contributed by atoms with Gasteiger partial charge in [0.1, 0.15) is 0 Å². The number of guanidine groups is 1. The molecule has 118 valence electrons. The van der Waals surface area contributed by atoms with Gasteiger partial charge in [0.15, 0.2) is 15.8 Å². The van der Waals surface area contributed by atoms with E-state index in [1.54, 1.807) is 12.1 Å². The normalized spacial score (nSPS) is 15.4. The lowest BCUT2D eigenvalue weighted by atomic mass is 10.4. The molecule has 0 heterocycles. The van der Waals surface area contributed by atoms with E-state index >= 15 is 0 Å². The number of rotatable bonds is 5. The molecule has 0 radical (unpaired) electrons. The van der Waals surface area contributed by atoms with Crippen LogP contribution in [0.25, 0.3) is 0 Å². The van der Waals surface area contributed by atoms with Gasteiger partial charge < -0.3 is 10.6 Å². The van der Waals surface area contributed by atoms with Crippen LogP contribution in [0.1, 0.15) is 12.8 Å². The highest BCUT2D eigenvalue weighted by atomic mass is 127. The zero-order chi connectivity index (χ0) is 14.8. The number of benzene rings is 1. The van der Waals surface area contributed by atoms with Gasteiger partial charge in [-0.15, -0.1) is 24.0 Å². The first-order chi connectivity index (χ1) is 9.40. The Morgan fingerprint density at radius 3 is 2.48 bits per heavy atom. The first-order valence-electron chi connectivity index (χ1n) is 6.41. The highest BCUT2D eigenvalue weighted by molar-refractivity contribution is 14.0. The van der Waals surface area contributed by atoms with Crippen molar-refractivity contribution in [3.8, 4) is 0 Å². The summed E-state index contributed by atoms with van der Waals surface area (Å²) in [5.41, 5.74) is 5.81. The van der Waals surface area contributed by atoms with Gasteiger partial charge in [0.05, 0.1) is 17.2 Å². The Labute approximate surface area is 147 Å². The molecular formula is C13H19ClIN3O2S. The molecule has 1 aromatic rings. The first kappa shape index (κ1) is 18.5. The Bertz CT molecular complexity index is 600. The van der Waals surface area contributed by atoms with Crippen LogP contribution in [0.2, 0.25) is 5.02 Å². The SMILES string of the molecule is CN(C(N)=NCCS(=O)(=O)c1ccc(Cl)cc1)C1CC1.I. The van der Waals surface area contributed by atoms with Crippen molar-refractivity contribution in [1.82, 2.24) is 4.90 Å². The topological polar surface area (TPSA) is 75.8 Å². The third-order valence-corrected chi connectivity index (χ3v) is 5.22. The summed E-state index contributed by atoms with van der Waals surface area (Å²) in [7, 11) is -1.46. The Morgan fingerprint density at radius 1 is 1.38 bits per heavy atom. The molecule has 5 nitrogen and oxygen atoms in total. The van der Waals surface area contributed by atoms with Crippen LogP contribution >= 0.6 is 35.6 Å². The molecule has 0 saturated heterocycles. The van der Waals surface area contributed by atoms with E-state index < -0.39 is 9.84 Å². The molecule has 0 unspecified atom stereocenters. The van der Waals surface area contributed by atoms with Gasteiger partial charge in [-0.3, -0.25) is 4.99 Å². The second-order valence-corrected chi connectivity index (χ2v) is 7.40. The molecule has 0 amide bonds. The predicted octanol–water partition coefficient (Wildman–Crippen LogP) is 2.14. The molecule has 1 aliphatic rings. The van der Waals surface area contributed by atoms with Crippen molar-refractivity contribution >= 4 is 51.4 Å². The molecule has 0 spiro atoms. The summed E-state index contributed by atoms with van der Waals surface area (Å²) in [6.45, 7) is 0.161. The number of hydrogen-bond donors (Lipinski definition) is 1. The van der Waals surface area contributed by atoms with Crippen LogP contribution in [0.4, 0.5) is 0 Å². The van der Waals surface area contributed by atoms with Gasteiger partial charge in [0.25, 0.3) is 0 Å². The van der Waals surface area contributed by atoms with E-state index in [-0.39, 0.29) is 41.2 Å². The van der Waals surface area contributed by atoms with E-state index in [2.05, 4.69) is 4.99 Å². The number of sulfone groups is 1. The monoisotopic (exact) mass is 443 g/mol. The highest BCUT2D eigenvalue weighted by Gasteiger charge is 2.27. The predicted molar refractivity (Wildman–Crippen MR) is 96.2 cm³/mol. The largest absolute Gasteiger partial charge is 0.370 e. The standard InChI is InChI=1S/C13H18ClN3O2S.HI/c1-17(11-4-5-11)13(15)16-8-9-20(18,19)12-6-2-10(14)3-7-12;/h2-3,6-7,11H,4-5,8-9H2,1H3,(H2,15,16);1H. The summed E-state index contributed by atoms with van der Waals surface area (Å²) in [4.78, 5) is 6.28. The van der Waals surface area contributed by atoms with Crippen LogP contribution < -0.4 is 5.73 Å². The number of hydrogen-bond acceptors (Lipinski definition) is 3. The summed E-state index contributed by atoms with van der Waals surface area (Å²) in [6, 6.07) is 6.59. The lowest BCUT2D eigenvalue weighted by molar-refractivity contribution is 0.488. The number of halogens is 2. The van der Waals surface area contributed by atoms with Gasteiger partial charge in [-0.25, -0.2) is 8.42 Å². The third-order valence-electron chi connectivity index (χ3n) is 3.26. The molecule has 21 heavy (non-hydrogen) atoms. The summed E-state index contributed by atoms with van der Waals surface area (Å²) < 4.78 is 24.1. The van der Waals surface area contributed by atoms with Crippen LogP contribution in [0.3, 0.4) is 0 Å². The molecule has 1 fully saturated rings. The van der Waals surface area contributed by atoms with Crippen LogP contribution in [0.15, 0.2) is 34.2 Å². The highest BCUT2D eigenvalue weighted by Crippen LogP contribution is 2.24. The number of aliphatic imine (C=N–C) groups is 1. The summed E-state index contributed by atoms with van der Waals surface area (Å²) in [6.07, 6.45) is 2.24. The molecule has 2 rings (SSSR count). The van der Waals surface area contributed by atoms with E-state index in [0.717, 1.165) is 12.8 Å². The maximum absolute atomic E-state index is 12.1. The minimum absolute atomic E-state index is 0. The molecular weight excluding hydrogens is 425 g/mol. The van der Waals surface area contributed by atoms with Crippen LogP contribution in [0, 0.1) is 0 Å². The molecule has 8 heteroatoms. The van der Waals surface area contributed by atoms with E-state index in [4.69, 9.17) is 17.3 Å². The molecule has 0 aliphatic heterocycles. The van der Waals surface area contributed by atoms with Crippen LogP contribution in [0.5, 0.6) is 0 Å². The van der Waals surface area contributed by atoms with Crippen molar-refractivity contribution < 1.29 is 8.42 Å². The van der Waals surface area contributed by atoms with Crippen molar-refractivity contribution in [2.24, 2.45) is 10.7 Å². The first-order valence-corrected chi connectivity index (χ1v) is 8.44. The lowest BCUT2D eigenvalue weighted by Gasteiger charge is -2.16. The molecule has 1 aromatic carbocycles. The Hall–Kier alpha value is -0.540. The smallest absolute Gasteiger partial charge is 0.191 e. The van der Waals surface area contributed by atoms with Gasteiger partial charge >= 0.3 is 0 Å². The van der Waals surface area contributed by atoms with Crippen molar-refractivity contribution in [2.75, 3.05) is 19.3 Å². The van der Waals surface area contributed by atoms with Gasteiger partial charge in [0, 0.05) is 18.1 Å². The fourth-order valence-electron chi connectivity index (χ4n) is 1.80. The van der Waals surface area contributed by atoms with Gasteiger partial charge in [-0.05, 0) is 37.1 Å². The third kappa shape index (κ3) is 5.30. The zero-order valence-electron chi connectivity index (χ0n) is 11.7. The molecule has 0 atom stereocenters. The minimum Gasteiger partial charge on any atom is -0.370 e. The summed E-state index contributed by atoms with van der Waals surface area (Å²) >= 11 is 5.74. The Morgan fingerprint density at radius 2 is 1.95 bits per heavy atom. The summed E-state index contributed by atoms with van der Waals surface area (Å²) in [5, 5.41) is 0.511. The van der Waals surface area contributed by atoms with Crippen LogP contribution in [-0.2, 0) is 9.84 Å². The fourth-order valence-corrected chi connectivity index (χ4v) is 3.04. The Balaban J connectivity index is 0.00000220. The van der Waals surface area contributed by atoms with E-state index in [9.17, 15) is 8.42 Å². The molecule has 1 saturated carbocycles. The average molecular weight is 444 g/mol. The maximum atomic E-state index is 12.1. The van der Waals surface area contributed by atoms with Gasteiger partial charge in [-0.2, -0.15) is 0 Å². The quantitative estimate of drug-likeness (QED) is 0.430. The van der Waals surface area contributed by atoms with E-state index in [1.165, 1.54) is 12.1 Å². The second-order valence-electron chi connectivity index (χ2n) is 4.85. The van der Waals surface area contributed by atoms with Gasteiger partial charge in [0.2, 0.25) is 0 Å². The number of nitrogens with zero attached hydrogens (tertiary/aromatic N) is 2. The van der Waals surface area contributed by atoms with E-state index in [0.29, 0.717) is 17.0 Å². The molecule has 0 bridgehead atoms. The van der Waals surface area contributed by atoms with Crippen molar-refractivity contribution in [2.45, 2.75) is 23.8 Å². The van der Waals surface area contributed by atoms with Crippen molar-refractivity contribution in [1.29, 1.82) is 0 Å². The van der Waals surface area contributed by atoms with Crippen LogP contribution in [-0.4, -0.2) is 44.7 Å². The zero-order valence-corrected chi connectivity index (χ0v) is 15.6. The maximum Gasteiger partial charge on any atom is 0.191 e. The van der Waals surface area contributed by atoms with Gasteiger partial charge in [-0.1, -0.05) is 11.6 Å². The molecule has 2 N–H and O–H groups in total.